The molecular formula is C8H6NO2P. The maximum Gasteiger partial charge on any atom is 0.325 e. The fourth-order valence-corrected chi connectivity index (χ4v) is 0.881. The van der Waals surface area contributed by atoms with Crippen LogP contribution >= 0.6 is 9.24 Å². The fraction of sp³-hybridized carbons (Fsp3) is 0. The molecule has 60 valence electrons. The minimum atomic E-state index is -0.468. The van der Waals surface area contributed by atoms with E-state index in [0.717, 1.165) is 0 Å². The van der Waals surface area contributed by atoms with E-state index < -0.39 is 5.71 Å². The zero-order valence-corrected chi connectivity index (χ0v) is 7.31. The second kappa shape index (κ2) is 3.85. The van der Waals surface area contributed by atoms with E-state index in [2.05, 4.69) is 0 Å². The van der Waals surface area contributed by atoms with Gasteiger partial charge in [-0.3, -0.25) is 0 Å². The SMILES string of the molecule is N#Cc1cccc(OC(=O)P)c1. The van der Waals surface area contributed by atoms with E-state index in [1.54, 1.807) is 18.2 Å². The summed E-state index contributed by atoms with van der Waals surface area (Å²) >= 11 is 0. The lowest BCUT2D eigenvalue weighted by atomic mass is 10.2. The lowest BCUT2D eigenvalue weighted by Gasteiger charge is -1.99. The first-order chi connectivity index (χ1) is 5.72. The zero-order chi connectivity index (χ0) is 8.97. The number of benzene rings is 1. The van der Waals surface area contributed by atoms with Gasteiger partial charge >= 0.3 is 5.71 Å². The summed E-state index contributed by atoms with van der Waals surface area (Å²) in [5.41, 5.74) is 0.00356. The van der Waals surface area contributed by atoms with E-state index in [1.807, 2.05) is 15.3 Å². The van der Waals surface area contributed by atoms with Gasteiger partial charge in [-0.2, -0.15) is 5.26 Å². The summed E-state index contributed by atoms with van der Waals surface area (Å²) in [7, 11) is 1.89. The van der Waals surface area contributed by atoms with Gasteiger partial charge in [0, 0.05) is 0 Å². The summed E-state index contributed by atoms with van der Waals surface area (Å²) in [4.78, 5) is 10.5. The molecule has 1 unspecified atom stereocenters. The average molecular weight is 179 g/mol. The highest BCUT2D eigenvalue weighted by atomic mass is 31.0. The Morgan fingerprint density at radius 2 is 2.33 bits per heavy atom. The molecule has 0 saturated heterocycles. The van der Waals surface area contributed by atoms with Crippen LogP contribution in [0.15, 0.2) is 24.3 Å². The normalized spacial score (nSPS) is 8.67. The molecular weight excluding hydrogens is 173 g/mol. The maximum atomic E-state index is 10.5. The predicted molar refractivity (Wildman–Crippen MR) is 46.9 cm³/mol. The van der Waals surface area contributed by atoms with Gasteiger partial charge in [0.05, 0.1) is 11.6 Å². The van der Waals surface area contributed by atoms with Crippen molar-refractivity contribution >= 4 is 15.0 Å². The van der Waals surface area contributed by atoms with Crippen molar-refractivity contribution in [1.82, 2.24) is 0 Å². The third-order valence-electron chi connectivity index (χ3n) is 1.18. The molecule has 3 nitrogen and oxygen atoms in total. The molecule has 0 N–H and O–H groups in total. The molecule has 0 aromatic heterocycles. The number of carbonyl (C=O) groups excluding carboxylic acids is 1. The highest BCUT2D eigenvalue weighted by Crippen LogP contribution is 2.13. The van der Waals surface area contributed by atoms with Gasteiger partial charge in [0.15, 0.2) is 0 Å². The summed E-state index contributed by atoms with van der Waals surface area (Å²) in [5, 5.41) is 8.50. The van der Waals surface area contributed by atoms with Crippen molar-refractivity contribution < 1.29 is 9.53 Å². The summed E-state index contributed by atoms with van der Waals surface area (Å²) in [6, 6.07) is 8.35. The molecule has 0 spiro atoms. The van der Waals surface area contributed by atoms with Gasteiger partial charge in [0.25, 0.3) is 0 Å². The van der Waals surface area contributed by atoms with Crippen LogP contribution in [-0.2, 0) is 0 Å². The minimum absolute atomic E-state index is 0.383. The van der Waals surface area contributed by atoms with E-state index in [1.165, 1.54) is 6.07 Å². The fourth-order valence-electron chi connectivity index (χ4n) is 0.745. The first-order valence-electron chi connectivity index (χ1n) is 3.20. The van der Waals surface area contributed by atoms with Gasteiger partial charge in [0.1, 0.15) is 5.75 Å². The van der Waals surface area contributed by atoms with Crippen molar-refractivity contribution in [2.24, 2.45) is 0 Å². The van der Waals surface area contributed by atoms with E-state index in [-0.39, 0.29) is 0 Å². The number of hydrogen-bond acceptors (Lipinski definition) is 3. The molecule has 0 amide bonds. The smallest absolute Gasteiger partial charge is 0.325 e. The third kappa shape index (κ3) is 2.34. The van der Waals surface area contributed by atoms with E-state index in [9.17, 15) is 4.79 Å². The number of ether oxygens (including phenoxy) is 1. The molecule has 4 heteroatoms. The van der Waals surface area contributed by atoms with Crippen molar-refractivity contribution in [1.29, 1.82) is 5.26 Å². The lowest BCUT2D eigenvalue weighted by molar-refractivity contribution is 0.227. The Labute approximate surface area is 72.2 Å². The van der Waals surface area contributed by atoms with Crippen LogP contribution in [0.4, 0.5) is 4.79 Å². The summed E-state index contributed by atoms with van der Waals surface area (Å²) in [5.74, 6) is 0.383. The second-order valence-corrected chi connectivity index (χ2v) is 2.53. The molecule has 0 heterocycles. The Hall–Kier alpha value is -1.39. The van der Waals surface area contributed by atoms with Crippen LogP contribution in [0.1, 0.15) is 5.56 Å². The van der Waals surface area contributed by atoms with Gasteiger partial charge in [-0.15, -0.1) is 0 Å². The van der Waals surface area contributed by atoms with Crippen LogP contribution in [0, 0.1) is 11.3 Å². The van der Waals surface area contributed by atoms with Crippen LogP contribution in [0.3, 0.4) is 0 Å². The van der Waals surface area contributed by atoms with Crippen LogP contribution in [-0.4, -0.2) is 5.71 Å². The Morgan fingerprint density at radius 1 is 1.58 bits per heavy atom. The van der Waals surface area contributed by atoms with E-state index in [0.29, 0.717) is 11.3 Å². The number of carbonyl (C=O) groups is 1. The second-order valence-electron chi connectivity index (χ2n) is 2.06. The average Bonchev–Trinajstić information content (AvgIpc) is 2.03. The highest BCUT2D eigenvalue weighted by Gasteiger charge is 1.97. The lowest BCUT2D eigenvalue weighted by Crippen LogP contribution is -1.95. The summed E-state index contributed by atoms with van der Waals surface area (Å²) in [6.07, 6.45) is 0. The largest absolute Gasteiger partial charge is 0.424 e. The highest BCUT2D eigenvalue weighted by molar-refractivity contribution is 7.39. The molecule has 0 aliphatic heterocycles. The van der Waals surface area contributed by atoms with Crippen LogP contribution in [0.25, 0.3) is 0 Å². The Morgan fingerprint density at radius 3 is 2.92 bits per heavy atom. The van der Waals surface area contributed by atoms with E-state index >= 15 is 0 Å². The Bertz CT molecular complexity index is 343. The van der Waals surface area contributed by atoms with Gasteiger partial charge < -0.3 is 4.74 Å². The quantitative estimate of drug-likeness (QED) is 0.619. The monoisotopic (exact) mass is 179 g/mol. The molecule has 0 bridgehead atoms. The van der Waals surface area contributed by atoms with Gasteiger partial charge in [-0.1, -0.05) is 6.07 Å². The number of rotatable bonds is 1. The van der Waals surface area contributed by atoms with Crippen LogP contribution in [0.2, 0.25) is 0 Å². The molecule has 1 aromatic carbocycles. The number of nitriles is 1. The number of nitrogens with zero attached hydrogens (tertiary/aromatic N) is 1. The van der Waals surface area contributed by atoms with Crippen molar-refractivity contribution in [3.8, 4) is 11.8 Å². The van der Waals surface area contributed by atoms with Gasteiger partial charge in [0.2, 0.25) is 0 Å². The molecule has 0 aliphatic carbocycles. The standard InChI is InChI=1S/C8H6NO2P/c9-5-6-2-1-3-7(4-6)11-8(10)12/h1-4H,12H2. The molecule has 1 aromatic rings. The topological polar surface area (TPSA) is 50.1 Å². The molecule has 0 fully saturated rings. The van der Waals surface area contributed by atoms with E-state index in [4.69, 9.17) is 10.00 Å². The first-order valence-corrected chi connectivity index (χ1v) is 3.77. The molecule has 1 rings (SSSR count). The van der Waals surface area contributed by atoms with Gasteiger partial charge in [-0.05, 0) is 27.4 Å². The molecule has 0 saturated carbocycles. The molecule has 12 heavy (non-hydrogen) atoms. The predicted octanol–water partition coefficient (Wildman–Crippen LogP) is 1.93. The summed E-state index contributed by atoms with van der Waals surface area (Å²) in [6.45, 7) is 0. The zero-order valence-electron chi connectivity index (χ0n) is 6.15. The molecule has 0 aliphatic rings. The number of hydrogen-bond donors (Lipinski definition) is 0. The van der Waals surface area contributed by atoms with Crippen LogP contribution < -0.4 is 4.74 Å². The molecule has 0 radical (unpaired) electrons. The van der Waals surface area contributed by atoms with Gasteiger partial charge in [-0.25, -0.2) is 4.79 Å². The van der Waals surface area contributed by atoms with Crippen molar-refractivity contribution in [2.45, 2.75) is 0 Å². The first kappa shape index (κ1) is 8.70. The van der Waals surface area contributed by atoms with Crippen molar-refractivity contribution in [3.05, 3.63) is 29.8 Å². The third-order valence-corrected chi connectivity index (χ3v) is 1.30. The molecule has 1 atom stereocenters. The maximum absolute atomic E-state index is 10.5. The Balaban J connectivity index is 2.88. The Kier molecular flexibility index (Phi) is 2.79. The van der Waals surface area contributed by atoms with Crippen LogP contribution in [0.5, 0.6) is 5.75 Å². The van der Waals surface area contributed by atoms with Crippen molar-refractivity contribution in [2.75, 3.05) is 0 Å². The minimum Gasteiger partial charge on any atom is -0.424 e. The van der Waals surface area contributed by atoms with Crippen molar-refractivity contribution in [3.63, 3.8) is 0 Å². The summed E-state index contributed by atoms with van der Waals surface area (Å²) < 4.78 is 4.73.